The van der Waals surface area contributed by atoms with Gasteiger partial charge >= 0.3 is 0 Å². The standard InChI is InChI=1S/C25H23Cl2N3O4S2/c26-16-7-8-17(27)19(10-16)35-13-20(31)28-21-23(32)30-22(25(33)34)15(12-36-24(21)30)11-29-9-3-5-14-4-1-2-6-18(14)29/h3,5,7-10,21,24H,1-2,4,6,11-13H2,(H-,28,31,33,34)/t21-,24-/m1/s1. The molecule has 5 rings (SSSR count). The fourth-order valence-corrected chi connectivity index (χ4v) is 7.51. The molecule has 7 nitrogen and oxygen atoms in total. The molecule has 0 bridgehead atoms. The molecular weight excluding hydrogens is 541 g/mol. The first-order valence-electron chi connectivity index (χ1n) is 11.6. The average molecular weight is 565 g/mol. The Balaban J connectivity index is 1.28. The van der Waals surface area contributed by atoms with Crippen molar-refractivity contribution in [1.29, 1.82) is 0 Å². The summed E-state index contributed by atoms with van der Waals surface area (Å²) in [7, 11) is 0. The predicted molar refractivity (Wildman–Crippen MR) is 138 cm³/mol. The summed E-state index contributed by atoms with van der Waals surface area (Å²) in [5, 5.41) is 15.4. The zero-order valence-electron chi connectivity index (χ0n) is 19.2. The van der Waals surface area contributed by atoms with Crippen LogP contribution in [0.2, 0.25) is 10.0 Å². The number of nitrogens with zero attached hydrogens (tertiary/aromatic N) is 2. The van der Waals surface area contributed by atoms with Crippen LogP contribution >= 0.6 is 46.7 Å². The van der Waals surface area contributed by atoms with Gasteiger partial charge in [0.2, 0.25) is 5.91 Å². The Hall–Kier alpha value is -2.20. The van der Waals surface area contributed by atoms with Crippen LogP contribution in [-0.4, -0.2) is 45.6 Å². The molecule has 2 aliphatic heterocycles. The molecule has 11 heteroatoms. The summed E-state index contributed by atoms with van der Waals surface area (Å²) in [5.74, 6) is -1.67. The topological polar surface area (TPSA) is 93.4 Å². The zero-order valence-corrected chi connectivity index (χ0v) is 22.3. The lowest BCUT2D eigenvalue weighted by Crippen LogP contribution is -2.71. The Bertz CT molecular complexity index is 1290. The number of rotatable bonds is 7. The van der Waals surface area contributed by atoms with Crippen molar-refractivity contribution >= 4 is 64.5 Å². The highest BCUT2D eigenvalue weighted by atomic mass is 35.5. The minimum Gasteiger partial charge on any atom is -0.543 e. The van der Waals surface area contributed by atoms with Crippen LogP contribution in [0.5, 0.6) is 0 Å². The van der Waals surface area contributed by atoms with Crippen molar-refractivity contribution in [3.8, 4) is 0 Å². The second-order valence-electron chi connectivity index (χ2n) is 8.87. The number of carbonyl (C=O) groups excluding carboxylic acids is 3. The molecule has 0 radical (unpaired) electrons. The molecule has 3 heterocycles. The molecule has 0 spiro atoms. The van der Waals surface area contributed by atoms with E-state index in [9.17, 15) is 19.5 Å². The van der Waals surface area contributed by atoms with Crippen molar-refractivity contribution in [1.82, 2.24) is 10.2 Å². The summed E-state index contributed by atoms with van der Waals surface area (Å²) in [6.07, 6.45) is 6.20. The predicted octanol–water partition coefficient (Wildman–Crippen LogP) is 2.36. The monoisotopic (exact) mass is 563 g/mol. The first-order chi connectivity index (χ1) is 17.3. The van der Waals surface area contributed by atoms with Gasteiger partial charge in [-0.15, -0.1) is 23.5 Å². The molecule has 2 aromatic rings. The van der Waals surface area contributed by atoms with Crippen LogP contribution in [0.4, 0.5) is 0 Å². The van der Waals surface area contributed by atoms with E-state index < -0.39 is 23.3 Å². The van der Waals surface area contributed by atoms with E-state index in [1.165, 1.54) is 39.7 Å². The molecule has 1 fully saturated rings. The van der Waals surface area contributed by atoms with Gasteiger partial charge in [-0.2, -0.15) is 4.57 Å². The molecule has 1 saturated heterocycles. The molecule has 0 saturated carbocycles. The Labute approximate surface area is 227 Å². The summed E-state index contributed by atoms with van der Waals surface area (Å²) < 4.78 is 2.09. The third-order valence-electron chi connectivity index (χ3n) is 6.56. The number of β-lactam (4-membered cyclic amide) rings is 1. The van der Waals surface area contributed by atoms with E-state index >= 15 is 0 Å². The van der Waals surface area contributed by atoms with Gasteiger partial charge in [0, 0.05) is 39.3 Å². The Morgan fingerprint density at radius 2 is 2.03 bits per heavy atom. The van der Waals surface area contributed by atoms with E-state index in [1.54, 1.807) is 18.2 Å². The second-order valence-corrected chi connectivity index (χ2v) is 11.8. The Morgan fingerprint density at radius 3 is 2.83 bits per heavy atom. The highest BCUT2D eigenvalue weighted by Gasteiger charge is 2.53. The van der Waals surface area contributed by atoms with Crippen molar-refractivity contribution in [2.45, 2.75) is 48.5 Å². The third kappa shape index (κ3) is 4.98. The molecular formula is C25H23Cl2N3O4S2. The van der Waals surface area contributed by atoms with Gasteiger partial charge in [-0.1, -0.05) is 23.2 Å². The number of halogens is 2. The number of pyridine rings is 1. The highest BCUT2D eigenvalue weighted by Crippen LogP contribution is 2.40. The SMILES string of the molecule is O=C(CSc1cc(Cl)ccc1Cl)N[C@@H]1C(=O)N2C(C(=O)[O-])=C(C[n+]3cccc4c3CCCC4)CS[C@H]12. The maximum absolute atomic E-state index is 13.0. The van der Waals surface area contributed by atoms with Crippen LogP contribution in [0.25, 0.3) is 0 Å². The number of aryl methyl sites for hydroxylation is 1. The lowest BCUT2D eigenvalue weighted by Gasteiger charge is -2.50. The van der Waals surface area contributed by atoms with E-state index in [-0.39, 0.29) is 17.4 Å². The average Bonchev–Trinajstić information content (AvgIpc) is 2.87. The molecule has 2 atom stereocenters. The van der Waals surface area contributed by atoms with Gasteiger partial charge < -0.3 is 15.2 Å². The van der Waals surface area contributed by atoms with Crippen LogP contribution in [0.15, 0.2) is 52.7 Å². The number of aromatic nitrogens is 1. The first kappa shape index (κ1) is 25.4. The fourth-order valence-electron chi connectivity index (χ4n) is 4.87. The molecule has 188 valence electrons. The number of aliphatic carboxylic acids is 1. The summed E-state index contributed by atoms with van der Waals surface area (Å²) in [5.41, 5.74) is 3.08. The molecule has 1 N–H and O–H groups in total. The van der Waals surface area contributed by atoms with Gasteiger partial charge in [-0.05, 0) is 43.5 Å². The zero-order chi connectivity index (χ0) is 25.4. The Morgan fingerprint density at radius 1 is 1.22 bits per heavy atom. The van der Waals surface area contributed by atoms with Gasteiger partial charge in [0.05, 0.1) is 22.4 Å². The number of hydrogen-bond acceptors (Lipinski definition) is 6. The largest absolute Gasteiger partial charge is 0.543 e. The normalized spacial score (nSPS) is 20.9. The van der Waals surface area contributed by atoms with Crippen molar-refractivity contribution in [2.24, 2.45) is 0 Å². The number of nitrogens with one attached hydrogen (secondary N) is 1. The maximum Gasteiger partial charge on any atom is 0.253 e. The molecule has 36 heavy (non-hydrogen) atoms. The fraction of sp³-hybridized carbons (Fsp3) is 0.360. The van der Waals surface area contributed by atoms with Crippen molar-refractivity contribution in [2.75, 3.05) is 11.5 Å². The van der Waals surface area contributed by atoms with Crippen LogP contribution < -0.4 is 15.0 Å². The smallest absolute Gasteiger partial charge is 0.253 e. The van der Waals surface area contributed by atoms with Gasteiger partial charge in [0.1, 0.15) is 11.4 Å². The molecule has 3 aliphatic rings. The number of benzene rings is 1. The number of fused-ring (bicyclic) bond motifs is 2. The van der Waals surface area contributed by atoms with E-state index in [0.29, 0.717) is 32.8 Å². The number of carboxylic acids is 1. The number of amides is 2. The van der Waals surface area contributed by atoms with Gasteiger partial charge in [-0.3, -0.25) is 14.5 Å². The minimum absolute atomic E-state index is 0.0470. The second kappa shape index (κ2) is 10.7. The van der Waals surface area contributed by atoms with Crippen molar-refractivity contribution in [3.05, 3.63) is 69.1 Å². The van der Waals surface area contributed by atoms with Gasteiger partial charge in [-0.25, -0.2) is 0 Å². The summed E-state index contributed by atoms with van der Waals surface area (Å²) in [6.45, 7) is 0.393. The number of carbonyl (C=O) groups is 3. The van der Waals surface area contributed by atoms with Crippen LogP contribution in [-0.2, 0) is 33.8 Å². The third-order valence-corrected chi connectivity index (χ3v) is 9.63. The van der Waals surface area contributed by atoms with E-state index in [1.807, 2.05) is 12.3 Å². The summed E-state index contributed by atoms with van der Waals surface area (Å²) in [4.78, 5) is 39.6. The number of hydrogen-bond donors (Lipinski definition) is 1. The quantitative estimate of drug-likeness (QED) is 0.316. The lowest BCUT2D eigenvalue weighted by atomic mass is 9.95. The molecule has 1 aliphatic carbocycles. The highest BCUT2D eigenvalue weighted by molar-refractivity contribution is 8.00. The molecule has 1 aromatic heterocycles. The van der Waals surface area contributed by atoms with E-state index in [2.05, 4.69) is 16.0 Å². The summed E-state index contributed by atoms with van der Waals surface area (Å²) in [6, 6.07) is 8.32. The van der Waals surface area contributed by atoms with Crippen LogP contribution in [0.1, 0.15) is 24.1 Å². The first-order valence-corrected chi connectivity index (χ1v) is 14.4. The maximum atomic E-state index is 13.0. The lowest BCUT2D eigenvalue weighted by molar-refractivity contribution is -0.697. The number of thioether (sulfide) groups is 2. The van der Waals surface area contributed by atoms with E-state index in [0.717, 1.165) is 25.7 Å². The molecule has 1 aromatic carbocycles. The van der Waals surface area contributed by atoms with Crippen molar-refractivity contribution in [3.63, 3.8) is 0 Å². The number of carboxylic acid groups (broad SMARTS) is 1. The Kier molecular flexibility index (Phi) is 7.53. The van der Waals surface area contributed by atoms with Crippen molar-refractivity contribution < 1.29 is 24.1 Å². The van der Waals surface area contributed by atoms with Gasteiger partial charge in [0.25, 0.3) is 5.91 Å². The summed E-state index contributed by atoms with van der Waals surface area (Å²) >= 11 is 14.8. The van der Waals surface area contributed by atoms with Crippen LogP contribution in [0, 0.1) is 0 Å². The molecule has 2 amide bonds. The van der Waals surface area contributed by atoms with Crippen LogP contribution in [0.3, 0.4) is 0 Å². The molecule has 0 unspecified atom stereocenters. The minimum atomic E-state index is -1.37. The van der Waals surface area contributed by atoms with E-state index in [4.69, 9.17) is 23.2 Å². The van der Waals surface area contributed by atoms with Gasteiger partial charge in [0.15, 0.2) is 18.4 Å².